The smallest absolute Gasteiger partial charge is 0.237 e. The van der Waals surface area contributed by atoms with E-state index in [4.69, 9.17) is 5.73 Å². The highest BCUT2D eigenvalue weighted by atomic mass is 32.2. The quantitative estimate of drug-likeness (QED) is 0.568. The Morgan fingerprint density at radius 1 is 1.61 bits per heavy atom. The molecule has 6 heteroatoms. The predicted molar refractivity (Wildman–Crippen MR) is 78.1 cm³/mol. The lowest BCUT2D eigenvalue weighted by molar-refractivity contribution is -0.123. The van der Waals surface area contributed by atoms with Crippen molar-refractivity contribution in [3.63, 3.8) is 0 Å². The Kier molecular flexibility index (Phi) is 6.11. The van der Waals surface area contributed by atoms with Crippen molar-refractivity contribution >= 4 is 29.0 Å². The second-order valence-electron chi connectivity index (χ2n) is 4.51. The van der Waals surface area contributed by atoms with Crippen LogP contribution < -0.4 is 11.1 Å². The van der Waals surface area contributed by atoms with Crippen LogP contribution >= 0.6 is 23.1 Å². The second kappa shape index (κ2) is 7.11. The van der Waals surface area contributed by atoms with Gasteiger partial charge in [0.1, 0.15) is 4.34 Å². The third-order valence-electron chi connectivity index (χ3n) is 2.99. The number of likely N-dealkylation sites (N-methyl/N-ethyl adjacent to an activating group) is 1. The Balaban J connectivity index is 2.20. The maximum Gasteiger partial charge on any atom is 0.237 e. The van der Waals surface area contributed by atoms with Crippen LogP contribution in [0.3, 0.4) is 0 Å². The van der Waals surface area contributed by atoms with Crippen LogP contribution in [-0.4, -0.2) is 29.2 Å². The molecule has 0 saturated carbocycles. The van der Waals surface area contributed by atoms with Crippen LogP contribution in [0.5, 0.6) is 0 Å². The summed E-state index contributed by atoms with van der Waals surface area (Å²) in [6.07, 6.45) is 2.82. The highest BCUT2D eigenvalue weighted by molar-refractivity contribution is 8.00. The molecule has 0 saturated heterocycles. The molecule has 1 rings (SSSR count). The third kappa shape index (κ3) is 4.59. The zero-order valence-corrected chi connectivity index (χ0v) is 12.8. The van der Waals surface area contributed by atoms with Crippen molar-refractivity contribution < 1.29 is 4.79 Å². The molecule has 1 aromatic heterocycles. The number of hydrogen-bond donors (Lipinski definition) is 2. The van der Waals surface area contributed by atoms with E-state index in [1.165, 1.54) is 0 Å². The minimum Gasteiger partial charge on any atom is -0.368 e. The number of aryl methyl sites for hydroxylation is 1. The Morgan fingerprint density at radius 2 is 2.33 bits per heavy atom. The topological polar surface area (TPSA) is 68.0 Å². The molecule has 102 valence electrons. The van der Waals surface area contributed by atoms with Crippen LogP contribution in [0.15, 0.2) is 9.72 Å². The van der Waals surface area contributed by atoms with Crippen LogP contribution in [0.4, 0.5) is 0 Å². The van der Waals surface area contributed by atoms with Crippen LogP contribution in [-0.2, 0) is 4.79 Å². The molecular weight excluding hydrogens is 266 g/mol. The number of amides is 1. The third-order valence-corrected chi connectivity index (χ3v) is 5.22. The molecule has 0 aliphatic heterocycles. The molecule has 1 unspecified atom stereocenters. The lowest BCUT2D eigenvalue weighted by Gasteiger charge is -2.25. The van der Waals surface area contributed by atoms with Crippen molar-refractivity contribution in [1.82, 2.24) is 10.3 Å². The molecule has 0 aliphatic rings. The molecule has 1 amide bonds. The highest BCUT2D eigenvalue weighted by Gasteiger charge is 2.27. The summed E-state index contributed by atoms with van der Waals surface area (Å²) in [5.74, 6) is 0.749. The number of nitrogens with one attached hydrogen (secondary N) is 1. The zero-order valence-electron chi connectivity index (χ0n) is 11.2. The first-order valence-corrected chi connectivity index (χ1v) is 7.88. The van der Waals surface area contributed by atoms with Gasteiger partial charge in [-0.3, -0.25) is 4.79 Å². The average Bonchev–Trinajstić information content (AvgIpc) is 2.74. The standard InChI is InChI=1S/C12H21N3OS2/c1-9-8-18-11(15-9)17-7-5-4-6-12(2,14-3)10(13)16/h8,14H,4-7H2,1-3H3,(H2,13,16). The minimum absolute atomic E-state index is 0.284. The number of unbranched alkanes of at least 4 members (excludes halogenated alkanes) is 1. The van der Waals surface area contributed by atoms with Gasteiger partial charge in [0.25, 0.3) is 0 Å². The van der Waals surface area contributed by atoms with E-state index in [2.05, 4.69) is 15.7 Å². The largest absolute Gasteiger partial charge is 0.368 e. The summed E-state index contributed by atoms with van der Waals surface area (Å²) in [7, 11) is 1.78. The molecular formula is C12H21N3OS2. The van der Waals surface area contributed by atoms with E-state index < -0.39 is 5.54 Å². The van der Waals surface area contributed by atoms with Crippen molar-refractivity contribution in [1.29, 1.82) is 0 Å². The number of rotatable bonds is 8. The van der Waals surface area contributed by atoms with Gasteiger partial charge in [-0.25, -0.2) is 4.98 Å². The van der Waals surface area contributed by atoms with Gasteiger partial charge in [-0.1, -0.05) is 18.2 Å². The van der Waals surface area contributed by atoms with Gasteiger partial charge < -0.3 is 11.1 Å². The number of nitrogens with zero attached hydrogens (tertiary/aromatic N) is 1. The molecule has 18 heavy (non-hydrogen) atoms. The van der Waals surface area contributed by atoms with Crippen LogP contribution in [0, 0.1) is 6.92 Å². The van der Waals surface area contributed by atoms with Crippen molar-refractivity contribution in [2.24, 2.45) is 5.73 Å². The number of carbonyl (C=O) groups excluding carboxylic acids is 1. The minimum atomic E-state index is -0.581. The molecule has 1 atom stereocenters. The summed E-state index contributed by atoms with van der Waals surface area (Å²) in [5.41, 5.74) is 5.88. The first kappa shape index (κ1) is 15.5. The van der Waals surface area contributed by atoms with Gasteiger partial charge in [0.05, 0.1) is 5.54 Å². The summed E-state index contributed by atoms with van der Waals surface area (Å²) in [6.45, 7) is 3.86. The lowest BCUT2D eigenvalue weighted by Crippen LogP contribution is -2.51. The number of aromatic nitrogens is 1. The molecule has 1 heterocycles. The van der Waals surface area contributed by atoms with E-state index in [0.29, 0.717) is 0 Å². The zero-order chi connectivity index (χ0) is 13.6. The van der Waals surface area contributed by atoms with E-state index in [1.54, 1.807) is 30.1 Å². The molecule has 0 aliphatic carbocycles. The monoisotopic (exact) mass is 287 g/mol. The maximum absolute atomic E-state index is 11.3. The summed E-state index contributed by atoms with van der Waals surface area (Å²) >= 11 is 3.47. The lowest BCUT2D eigenvalue weighted by atomic mass is 9.94. The fourth-order valence-corrected chi connectivity index (χ4v) is 3.43. The summed E-state index contributed by atoms with van der Waals surface area (Å²) < 4.78 is 1.12. The summed E-state index contributed by atoms with van der Waals surface area (Å²) in [4.78, 5) is 15.7. The predicted octanol–water partition coefficient (Wildman–Crippen LogP) is 2.18. The number of hydrogen-bond acceptors (Lipinski definition) is 5. The molecule has 0 aromatic carbocycles. The van der Waals surface area contributed by atoms with Crippen LogP contribution in [0.25, 0.3) is 0 Å². The molecule has 1 aromatic rings. The van der Waals surface area contributed by atoms with Gasteiger partial charge in [-0.15, -0.1) is 11.3 Å². The fourth-order valence-electron chi connectivity index (χ4n) is 1.51. The van der Waals surface area contributed by atoms with Crippen molar-refractivity contribution in [3.05, 3.63) is 11.1 Å². The maximum atomic E-state index is 11.3. The fraction of sp³-hybridized carbons (Fsp3) is 0.667. The number of carbonyl (C=O) groups is 1. The van der Waals surface area contributed by atoms with Gasteiger partial charge >= 0.3 is 0 Å². The highest BCUT2D eigenvalue weighted by Crippen LogP contribution is 2.24. The molecule has 0 bridgehead atoms. The molecule has 0 spiro atoms. The van der Waals surface area contributed by atoms with Crippen molar-refractivity contribution in [2.75, 3.05) is 12.8 Å². The summed E-state index contributed by atoms with van der Waals surface area (Å²) in [6, 6.07) is 0. The van der Waals surface area contributed by atoms with Crippen LogP contribution in [0.2, 0.25) is 0 Å². The normalized spacial score (nSPS) is 14.4. The van der Waals surface area contributed by atoms with Gasteiger partial charge in [0, 0.05) is 16.8 Å². The van der Waals surface area contributed by atoms with E-state index in [-0.39, 0.29) is 5.91 Å². The number of nitrogens with two attached hydrogens (primary N) is 1. The number of primary amides is 1. The van der Waals surface area contributed by atoms with Gasteiger partial charge in [-0.2, -0.15) is 0 Å². The molecule has 4 nitrogen and oxygen atoms in total. The first-order chi connectivity index (χ1) is 8.48. The Bertz CT molecular complexity index is 394. The van der Waals surface area contributed by atoms with Crippen molar-refractivity contribution in [2.45, 2.75) is 43.0 Å². The Labute approximate surface area is 117 Å². The van der Waals surface area contributed by atoms with Gasteiger partial charge in [0.2, 0.25) is 5.91 Å². The van der Waals surface area contributed by atoms with Gasteiger partial charge in [0.15, 0.2) is 0 Å². The van der Waals surface area contributed by atoms with E-state index in [0.717, 1.165) is 35.0 Å². The average molecular weight is 287 g/mol. The molecule has 3 N–H and O–H groups in total. The number of thioether (sulfide) groups is 1. The Morgan fingerprint density at radius 3 is 2.83 bits per heavy atom. The van der Waals surface area contributed by atoms with Crippen molar-refractivity contribution in [3.8, 4) is 0 Å². The van der Waals surface area contributed by atoms with E-state index in [1.807, 2.05) is 13.8 Å². The summed E-state index contributed by atoms with van der Waals surface area (Å²) in [5, 5.41) is 5.06. The Hall–Kier alpha value is -0.590. The second-order valence-corrected chi connectivity index (χ2v) is 6.71. The molecule has 0 fully saturated rings. The first-order valence-electron chi connectivity index (χ1n) is 6.01. The van der Waals surface area contributed by atoms with Gasteiger partial charge in [-0.05, 0) is 33.7 Å². The SMILES string of the molecule is CNC(C)(CCCCSc1nc(C)cs1)C(N)=O. The van der Waals surface area contributed by atoms with Crippen LogP contribution in [0.1, 0.15) is 31.9 Å². The number of thiazole rings is 1. The molecule has 0 radical (unpaired) electrons. The van der Waals surface area contributed by atoms with E-state index >= 15 is 0 Å². The van der Waals surface area contributed by atoms with E-state index in [9.17, 15) is 4.79 Å².